The molecule has 5 nitrogen and oxygen atoms in total. The van der Waals surface area contributed by atoms with E-state index in [0.29, 0.717) is 39.5 Å². The number of nitrogens with one attached hydrogen (secondary N) is 1. The van der Waals surface area contributed by atoms with Gasteiger partial charge in [0.05, 0.1) is 16.3 Å². The minimum Gasteiger partial charge on any atom is -0.366 e. The second-order valence-corrected chi connectivity index (χ2v) is 6.77. The molecular weight excluding hydrogens is 397 g/mol. The van der Waals surface area contributed by atoms with Crippen molar-refractivity contribution in [1.29, 1.82) is 0 Å². The molecule has 3 aromatic rings. The first-order chi connectivity index (χ1) is 13.4. The van der Waals surface area contributed by atoms with Crippen molar-refractivity contribution in [2.75, 3.05) is 6.54 Å². The maximum Gasteiger partial charge on any atom is 0.251 e. The van der Waals surface area contributed by atoms with Crippen molar-refractivity contribution >= 4 is 35.0 Å². The van der Waals surface area contributed by atoms with Gasteiger partial charge in [-0.05, 0) is 48.9 Å². The summed E-state index contributed by atoms with van der Waals surface area (Å²) in [7, 11) is 0. The summed E-state index contributed by atoms with van der Waals surface area (Å²) in [6.45, 7) is 2.27. The fourth-order valence-corrected chi connectivity index (χ4v) is 3.47. The first-order valence-electron chi connectivity index (χ1n) is 8.55. The first-order valence-corrected chi connectivity index (χ1v) is 9.31. The monoisotopic (exact) mass is 413 g/mol. The summed E-state index contributed by atoms with van der Waals surface area (Å²) >= 11 is 12.9. The Bertz CT molecular complexity index is 1050. The van der Waals surface area contributed by atoms with E-state index in [4.69, 9.17) is 28.9 Å². The van der Waals surface area contributed by atoms with Gasteiger partial charge >= 0.3 is 0 Å². The fraction of sp³-hybridized carbons (Fsp3) is 0.0952. The largest absolute Gasteiger partial charge is 0.366 e. The van der Waals surface area contributed by atoms with Crippen molar-refractivity contribution < 1.29 is 9.59 Å². The Hall–Kier alpha value is -2.89. The first kappa shape index (κ1) is 19.9. The topological polar surface area (TPSA) is 85.1 Å². The summed E-state index contributed by atoms with van der Waals surface area (Å²) in [5.41, 5.74) is 8.31. The molecule has 0 aliphatic heterocycles. The number of pyridine rings is 1. The molecule has 2 amide bonds. The Morgan fingerprint density at radius 2 is 1.82 bits per heavy atom. The predicted octanol–water partition coefficient (Wildman–Crippen LogP) is 4.57. The van der Waals surface area contributed by atoms with Gasteiger partial charge in [0.2, 0.25) is 5.91 Å². The van der Waals surface area contributed by atoms with Crippen molar-refractivity contribution in [3.63, 3.8) is 0 Å². The molecule has 0 atom stereocenters. The lowest BCUT2D eigenvalue weighted by Crippen LogP contribution is -2.24. The zero-order chi connectivity index (χ0) is 20.3. The molecule has 0 aliphatic rings. The van der Waals surface area contributed by atoms with Crippen molar-refractivity contribution in [2.24, 2.45) is 5.73 Å². The van der Waals surface area contributed by atoms with Gasteiger partial charge in [0.15, 0.2) is 0 Å². The molecular formula is C21H17Cl2N3O2. The molecule has 0 saturated heterocycles. The van der Waals surface area contributed by atoms with E-state index in [-0.39, 0.29) is 16.5 Å². The molecule has 0 radical (unpaired) electrons. The zero-order valence-electron chi connectivity index (χ0n) is 15.0. The highest BCUT2D eigenvalue weighted by atomic mass is 35.5. The summed E-state index contributed by atoms with van der Waals surface area (Å²) in [6, 6.07) is 13.7. The minimum absolute atomic E-state index is 0.116. The zero-order valence-corrected chi connectivity index (χ0v) is 16.5. The van der Waals surface area contributed by atoms with Crippen LogP contribution in [0.5, 0.6) is 0 Å². The van der Waals surface area contributed by atoms with Crippen LogP contribution in [0.2, 0.25) is 10.0 Å². The predicted molar refractivity (Wildman–Crippen MR) is 112 cm³/mol. The van der Waals surface area contributed by atoms with E-state index in [1.165, 1.54) is 6.07 Å². The van der Waals surface area contributed by atoms with Gasteiger partial charge in [-0.15, -0.1) is 0 Å². The van der Waals surface area contributed by atoms with Gasteiger partial charge in [-0.1, -0.05) is 35.3 Å². The molecule has 0 fully saturated rings. The van der Waals surface area contributed by atoms with E-state index >= 15 is 0 Å². The minimum atomic E-state index is -0.674. The third-order valence-corrected chi connectivity index (χ3v) is 4.91. The van der Waals surface area contributed by atoms with Crippen LogP contribution in [0, 0.1) is 0 Å². The lowest BCUT2D eigenvalue weighted by atomic mass is 9.94. The number of halogens is 2. The maximum absolute atomic E-state index is 12.6. The molecule has 142 valence electrons. The number of hydrogen-bond acceptors (Lipinski definition) is 3. The van der Waals surface area contributed by atoms with Crippen LogP contribution >= 0.6 is 23.2 Å². The maximum atomic E-state index is 12.6. The Balaban J connectivity index is 2.26. The van der Waals surface area contributed by atoms with Crippen molar-refractivity contribution in [1.82, 2.24) is 10.3 Å². The lowest BCUT2D eigenvalue weighted by Gasteiger charge is -2.15. The average Bonchev–Trinajstić information content (AvgIpc) is 2.69. The summed E-state index contributed by atoms with van der Waals surface area (Å²) in [6.07, 6.45) is 1.67. The van der Waals surface area contributed by atoms with Crippen molar-refractivity contribution in [3.8, 4) is 22.4 Å². The lowest BCUT2D eigenvalue weighted by molar-refractivity contribution is 0.0953. The van der Waals surface area contributed by atoms with Crippen molar-refractivity contribution in [3.05, 3.63) is 75.9 Å². The second-order valence-electron chi connectivity index (χ2n) is 5.98. The standard InChI is InChI=1S/C21H17Cl2N3O2/c1-2-25-21(28)13-7-8-14(20(24)27)19(23)18(13)12-6-9-16(22)15(11-12)17-5-3-4-10-26-17/h3-11H,2H2,1H3,(H2,24,27)(H,25,28). The Morgan fingerprint density at radius 1 is 1.07 bits per heavy atom. The third-order valence-electron chi connectivity index (χ3n) is 4.19. The molecule has 1 aromatic heterocycles. The Kier molecular flexibility index (Phi) is 5.97. The fourth-order valence-electron chi connectivity index (χ4n) is 2.89. The smallest absolute Gasteiger partial charge is 0.251 e. The molecule has 1 heterocycles. The highest BCUT2D eigenvalue weighted by molar-refractivity contribution is 6.37. The summed E-state index contributed by atoms with van der Waals surface area (Å²) in [4.78, 5) is 28.7. The number of carbonyl (C=O) groups excluding carboxylic acids is 2. The Morgan fingerprint density at radius 3 is 2.46 bits per heavy atom. The van der Waals surface area contributed by atoms with Crippen LogP contribution in [-0.2, 0) is 0 Å². The van der Waals surface area contributed by atoms with E-state index in [0.717, 1.165) is 0 Å². The summed E-state index contributed by atoms with van der Waals surface area (Å²) in [5.74, 6) is -0.975. The number of carbonyl (C=O) groups is 2. The van der Waals surface area contributed by atoms with Crippen molar-refractivity contribution in [2.45, 2.75) is 6.92 Å². The molecule has 2 aromatic carbocycles. The summed E-state index contributed by atoms with van der Waals surface area (Å²) < 4.78 is 0. The van der Waals surface area contributed by atoms with Gasteiger partial charge in [0, 0.05) is 34.5 Å². The van der Waals surface area contributed by atoms with E-state index < -0.39 is 5.91 Å². The SMILES string of the molecule is CCNC(=O)c1ccc(C(N)=O)c(Cl)c1-c1ccc(Cl)c(-c2ccccn2)c1. The second kappa shape index (κ2) is 8.42. The highest BCUT2D eigenvalue weighted by Crippen LogP contribution is 2.38. The molecule has 0 bridgehead atoms. The van der Waals surface area contributed by atoms with E-state index in [1.54, 1.807) is 30.5 Å². The number of benzene rings is 2. The molecule has 0 unspecified atom stereocenters. The van der Waals surface area contributed by atoms with Gasteiger partial charge in [-0.25, -0.2) is 0 Å². The number of primary amides is 1. The molecule has 7 heteroatoms. The molecule has 0 aliphatic carbocycles. The van der Waals surface area contributed by atoms with Gasteiger partial charge in [0.1, 0.15) is 0 Å². The number of nitrogens with zero attached hydrogens (tertiary/aromatic N) is 1. The molecule has 28 heavy (non-hydrogen) atoms. The van der Waals surface area contributed by atoms with Gasteiger partial charge in [-0.2, -0.15) is 0 Å². The third kappa shape index (κ3) is 3.86. The van der Waals surface area contributed by atoms with Crippen LogP contribution in [0.4, 0.5) is 0 Å². The van der Waals surface area contributed by atoms with E-state index in [1.807, 2.05) is 25.1 Å². The number of amides is 2. The number of aromatic nitrogens is 1. The van der Waals surface area contributed by atoms with E-state index in [9.17, 15) is 9.59 Å². The number of rotatable bonds is 5. The van der Waals surface area contributed by atoms with Crippen LogP contribution in [0.3, 0.4) is 0 Å². The molecule has 3 N–H and O–H groups in total. The van der Waals surface area contributed by atoms with E-state index in [2.05, 4.69) is 10.3 Å². The average molecular weight is 414 g/mol. The van der Waals surface area contributed by atoms with Gasteiger partial charge < -0.3 is 11.1 Å². The normalized spacial score (nSPS) is 10.5. The summed E-state index contributed by atoms with van der Waals surface area (Å²) in [5, 5.41) is 3.37. The Labute approximate surface area is 172 Å². The van der Waals surface area contributed by atoms with Crippen LogP contribution in [-0.4, -0.2) is 23.3 Å². The number of nitrogens with two attached hydrogens (primary N) is 1. The molecule has 0 spiro atoms. The molecule has 3 rings (SSSR count). The van der Waals surface area contributed by atoms with Gasteiger partial charge in [-0.3, -0.25) is 14.6 Å². The van der Waals surface area contributed by atoms with Crippen LogP contribution in [0.1, 0.15) is 27.6 Å². The quantitative estimate of drug-likeness (QED) is 0.641. The van der Waals surface area contributed by atoms with Crippen LogP contribution < -0.4 is 11.1 Å². The number of hydrogen-bond donors (Lipinski definition) is 2. The van der Waals surface area contributed by atoms with Gasteiger partial charge in [0.25, 0.3) is 5.91 Å². The highest BCUT2D eigenvalue weighted by Gasteiger charge is 2.21. The van der Waals surface area contributed by atoms with Crippen LogP contribution in [0.25, 0.3) is 22.4 Å². The van der Waals surface area contributed by atoms with Crippen LogP contribution in [0.15, 0.2) is 54.7 Å². The molecule has 0 saturated carbocycles.